The van der Waals surface area contributed by atoms with E-state index in [9.17, 15) is 9.59 Å². The van der Waals surface area contributed by atoms with Crippen LogP contribution in [0.1, 0.15) is 41.5 Å². The molecule has 9 heteroatoms. The number of ether oxygens (including phenoxy) is 5. The van der Waals surface area contributed by atoms with Crippen molar-refractivity contribution in [3.8, 4) is 0 Å². The summed E-state index contributed by atoms with van der Waals surface area (Å²) >= 11 is 0. The zero-order valence-electron chi connectivity index (χ0n) is 21.4. The van der Waals surface area contributed by atoms with Crippen LogP contribution in [0.2, 0.25) is 0 Å². The molecule has 0 aliphatic carbocycles. The van der Waals surface area contributed by atoms with E-state index < -0.39 is 54.2 Å². The Labute approximate surface area is 210 Å². The molecule has 194 valence electrons. The van der Waals surface area contributed by atoms with Crippen LogP contribution in [0.3, 0.4) is 0 Å². The van der Waals surface area contributed by atoms with E-state index in [4.69, 9.17) is 23.7 Å². The zero-order valence-corrected chi connectivity index (χ0v) is 21.4. The van der Waals surface area contributed by atoms with Crippen LogP contribution in [-0.4, -0.2) is 60.1 Å². The van der Waals surface area contributed by atoms with E-state index >= 15 is 0 Å². The highest BCUT2D eigenvalue weighted by Gasteiger charge is 2.62. The summed E-state index contributed by atoms with van der Waals surface area (Å²) in [5, 5.41) is 7.90. The molecule has 3 heterocycles. The van der Waals surface area contributed by atoms with Crippen molar-refractivity contribution in [3.05, 3.63) is 42.5 Å². The Morgan fingerprint density at radius 3 is 2.19 bits per heavy atom. The third-order valence-corrected chi connectivity index (χ3v) is 6.68. The van der Waals surface area contributed by atoms with Crippen molar-refractivity contribution in [2.24, 2.45) is 5.92 Å². The summed E-state index contributed by atoms with van der Waals surface area (Å²) in [5.41, 5.74) is 0.656. The van der Waals surface area contributed by atoms with E-state index in [1.54, 1.807) is 27.7 Å². The summed E-state index contributed by atoms with van der Waals surface area (Å²) in [6.45, 7) is 10.9. The second-order valence-corrected chi connectivity index (χ2v) is 10.9. The van der Waals surface area contributed by atoms with Gasteiger partial charge in [-0.15, -0.1) is 0 Å². The first-order chi connectivity index (χ1) is 16.9. The highest BCUT2D eigenvalue weighted by atomic mass is 16.9. The molecule has 2 N–H and O–H groups in total. The number of carbonyl (C=O) groups is 2. The van der Waals surface area contributed by atoms with E-state index in [1.165, 1.54) is 0 Å². The fourth-order valence-electron chi connectivity index (χ4n) is 5.08. The first-order valence-electron chi connectivity index (χ1n) is 12.4. The van der Waals surface area contributed by atoms with Crippen LogP contribution in [0.15, 0.2) is 42.5 Å². The molecule has 6 atom stereocenters. The van der Waals surface area contributed by atoms with Crippen LogP contribution in [-0.2, 0) is 33.3 Å². The van der Waals surface area contributed by atoms with Gasteiger partial charge < -0.3 is 34.3 Å². The number of carbonyl (C=O) groups excluding carboxylic acids is 2. The molecule has 3 saturated heterocycles. The fraction of sp³-hybridized carbons (Fsp3) is 0.556. The van der Waals surface area contributed by atoms with Gasteiger partial charge in [-0.2, -0.15) is 0 Å². The molecule has 0 saturated carbocycles. The summed E-state index contributed by atoms with van der Waals surface area (Å²) in [7, 11) is 0. The lowest BCUT2D eigenvalue weighted by atomic mass is 9.97. The Balaban J connectivity index is 1.32. The third kappa shape index (κ3) is 4.86. The summed E-state index contributed by atoms with van der Waals surface area (Å²) in [6.07, 6.45) is -3.63. The molecule has 36 heavy (non-hydrogen) atoms. The maximum absolute atomic E-state index is 13.5. The Morgan fingerprint density at radius 1 is 0.833 bits per heavy atom. The summed E-state index contributed by atoms with van der Waals surface area (Å²) in [4.78, 5) is 26.7. The highest BCUT2D eigenvalue weighted by Crippen LogP contribution is 2.44. The molecule has 0 spiro atoms. The first-order valence-corrected chi connectivity index (χ1v) is 12.4. The molecule has 0 bridgehead atoms. The van der Waals surface area contributed by atoms with Crippen LogP contribution >= 0.6 is 0 Å². The molecule has 2 aromatic carbocycles. The molecule has 6 unspecified atom stereocenters. The van der Waals surface area contributed by atoms with E-state index in [-0.39, 0.29) is 11.8 Å². The lowest BCUT2D eigenvalue weighted by Crippen LogP contribution is -2.61. The maximum Gasteiger partial charge on any atom is 0.252 e. The number of hydrogen-bond donors (Lipinski definition) is 2. The van der Waals surface area contributed by atoms with Crippen molar-refractivity contribution in [2.75, 3.05) is 5.32 Å². The molecule has 3 fully saturated rings. The predicted octanol–water partition coefficient (Wildman–Crippen LogP) is 3.32. The molecule has 3 aliphatic rings. The smallest absolute Gasteiger partial charge is 0.252 e. The van der Waals surface area contributed by atoms with Crippen LogP contribution in [0.5, 0.6) is 0 Å². The van der Waals surface area contributed by atoms with Gasteiger partial charge in [0.1, 0.15) is 24.4 Å². The fourth-order valence-corrected chi connectivity index (χ4v) is 5.08. The molecular weight excluding hydrogens is 464 g/mol. The number of hydrogen-bond acceptors (Lipinski definition) is 7. The second-order valence-electron chi connectivity index (χ2n) is 10.9. The van der Waals surface area contributed by atoms with Crippen molar-refractivity contribution in [1.29, 1.82) is 0 Å². The minimum absolute atomic E-state index is 0.177. The minimum atomic E-state index is -1.04. The summed E-state index contributed by atoms with van der Waals surface area (Å²) in [5.74, 6) is -2.77. The Morgan fingerprint density at radius 2 is 1.47 bits per heavy atom. The lowest BCUT2D eigenvalue weighted by Gasteiger charge is -2.37. The van der Waals surface area contributed by atoms with Crippen molar-refractivity contribution in [1.82, 2.24) is 5.32 Å². The first kappa shape index (κ1) is 25.1. The molecule has 2 aromatic rings. The third-order valence-electron chi connectivity index (χ3n) is 6.68. The number of benzene rings is 2. The van der Waals surface area contributed by atoms with Gasteiger partial charge in [0.05, 0.1) is 0 Å². The van der Waals surface area contributed by atoms with E-state index in [0.29, 0.717) is 5.69 Å². The molecule has 0 aromatic heterocycles. The van der Waals surface area contributed by atoms with Gasteiger partial charge in [0.25, 0.3) is 5.91 Å². The molecule has 3 aliphatic heterocycles. The van der Waals surface area contributed by atoms with Gasteiger partial charge >= 0.3 is 0 Å². The van der Waals surface area contributed by atoms with Gasteiger partial charge in [-0.25, -0.2) is 0 Å². The van der Waals surface area contributed by atoms with E-state index in [0.717, 1.165) is 10.8 Å². The molecular formula is C27H34N2O7. The second kappa shape index (κ2) is 9.08. The Kier molecular flexibility index (Phi) is 6.33. The van der Waals surface area contributed by atoms with Gasteiger partial charge in [-0.05, 0) is 56.5 Å². The SMILES string of the molecule is CC(C)C(NC(=O)C1OC2OC(C)(C)OC2C2OC(C)(C)OC12)C(=O)Nc1ccc2ccccc2c1. The quantitative estimate of drug-likeness (QED) is 0.652. The van der Waals surface area contributed by atoms with Crippen LogP contribution < -0.4 is 10.6 Å². The van der Waals surface area contributed by atoms with Crippen molar-refractivity contribution >= 4 is 28.3 Å². The van der Waals surface area contributed by atoms with Gasteiger partial charge in [0, 0.05) is 5.69 Å². The molecule has 9 nitrogen and oxygen atoms in total. The van der Waals surface area contributed by atoms with Gasteiger partial charge in [-0.3, -0.25) is 9.59 Å². The Bertz CT molecular complexity index is 1160. The van der Waals surface area contributed by atoms with Crippen LogP contribution in [0.25, 0.3) is 10.8 Å². The maximum atomic E-state index is 13.5. The normalized spacial score (nSPS) is 31.0. The lowest BCUT2D eigenvalue weighted by molar-refractivity contribution is -0.231. The molecule has 0 radical (unpaired) electrons. The van der Waals surface area contributed by atoms with Crippen molar-refractivity contribution < 1.29 is 33.3 Å². The van der Waals surface area contributed by atoms with E-state index in [2.05, 4.69) is 10.6 Å². The monoisotopic (exact) mass is 498 g/mol. The van der Waals surface area contributed by atoms with Crippen LogP contribution in [0.4, 0.5) is 5.69 Å². The highest BCUT2D eigenvalue weighted by molar-refractivity contribution is 5.99. The minimum Gasteiger partial charge on any atom is -0.342 e. The number of nitrogens with one attached hydrogen (secondary N) is 2. The van der Waals surface area contributed by atoms with Gasteiger partial charge in [0.2, 0.25) is 5.91 Å². The number of rotatable bonds is 5. The van der Waals surface area contributed by atoms with E-state index in [1.807, 2.05) is 56.3 Å². The topological polar surface area (TPSA) is 104 Å². The van der Waals surface area contributed by atoms with Crippen molar-refractivity contribution in [2.45, 2.75) is 89.9 Å². The standard InChI is InChI=1S/C27H34N2O7/c1-14(2)18(23(30)28-17-12-11-15-9-7-8-10-16(15)13-17)29-24(31)21-19-20(34-26(3,4)33-19)22-25(32-21)36-27(5,6)35-22/h7-14,18-22,25H,1-6H3,(H,28,30)(H,29,31). The zero-order chi connectivity index (χ0) is 25.8. The van der Waals surface area contributed by atoms with Crippen molar-refractivity contribution in [3.63, 3.8) is 0 Å². The number of fused-ring (bicyclic) bond motifs is 4. The average Bonchev–Trinajstić information content (AvgIpc) is 3.29. The summed E-state index contributed by atoms with van der Waals surface area (Å²) < 4.78 is 30.1. The largest absolute Gasteiger partial charge is 0.342 e. The van der Waals surface area contributed by atoms with Gasteiger partial charge in [0.15, 0.2) is 24.0 Å². The average molecular weight is 499 g/mol. The number of anilines is 1. The number of amides is 2. The van der Waals surface area contributed by atoms with Crippen LogP contribution in [0, 0.1) is 5.92 Å². The Hall–Kier alpha value is -2.56. The summed E-state index contributed by atoms with van der Waals surface area (Å²) in [6, 6.07) is 12.8. The molecule has 5 rings (SSSR count). The van der Waals surface area contributed by atoms with Gasteiger partial charge in [-0.1, -0.05) is 44.2 Å². The molecule has 2 amide bonds. The predicted molar refractivity (Wildman–Crippen MR) is 132 cm³/mol.